The lowest BCUT2D eigenvalue weighted by molar-refractivity contribution is 0.308. The van der Waals surface area contributed by atoms with Crippen LogP contribution in [-0.2, 0) is 6.54 Å². The minimum Gasteiger partial charge on any atom is -0.493 e. The van der Waals surface area contributed by atoms with Crippen LogP contribution in [0, 0.1) is 5.92 Å². The Morgan fingerprint density at radius 2 is 2.05 bits per heavy atom. The zero-order valence-electron chi connectivity index (χ0n) is 13.0. The summed E-state index contributed by atoms with van der Waals surface area (Å²) in [5, 5.41) is 3.47. The first kappa shape index (κ1) is 17.3. The summed E-state index contributed by atoms with van der Waals surface area (Å²) >= 11 is 3.55. The second kappa shape index (κ2) is 9.24. The number of rotatable bonds is 9. The van der Waals surface area contributed by atoms with Crippen molar-refractivity contribution in [2.24, 2.45) is 5.92 Å². The molecule has 0 amide bonds. The Hall–Kier alpha value is -0.740. The smallest absolute Gasteiger partial charge is 0.175 e. The summed E-state index contributed by atoms with van der Waals surface area (Å²) in [5.74, 6) is 2.33. The molecule has 1 aromatic carbocycles. The van der Waals surface area contributed by atoms with Crippen LogP contribution in [0.4, 0.5) is 0 Å². The Labute approximate surface area is 131 Å². The van der Waals surface area contributed by atoms with E-state index in [1.54, 1.807) is 7.11 Å². The number of benzene rings is 1. The largest absolute Gasteiger partial charge is 0.493 e. The van der Waals surface area contributed by atoms with Gasteiger partial charge in [0.25, 0.3) is 0 Å². The Bertz CT molecular complexity index is 408. The van der Waals surface area contributed by atoms with Crippen LogP contribution in [0.15, 0.2) is 16.6 Å². The number of hydrogen-bond donors (Lipinski definition) is 1. The van der Waals surface area contributed by atoms with Crippen molar-refractivity contribution in [3.63, 3.8) is 0 Å². The van der Waals surface area contributed by atoms with Gasteiger partial charge in [-0.25, -0.2) is 0 Å². The van der Waals surface area contributed by atoms with Crippen molar-refractivity contribution in [1.82, 2.24) is 5.32 Å². The first-order chi connectivity index (χ1) is 9.58. The molecule has 0 saturated carbocycles. The summed E-state index contributed by atoms with van der Waals surface area (Å²) in [5.41, 5.74) is 1.20. The zero-order chi connectivity index (χ0) is 15.0. The molecule has 1 aromatic rings. The van der Waals surface area contributed by atoms with Gasteiger partial charge in [-0.3, -0.25) is 0 Å². The maximum absolute atomic E-state index is 5.59. The van der Waals surface area contributed by atoms with Gasteiger partial charge in [0.1, 0.15) is 0 Å². The van der Waals surface area contributed by atoms with Crippen molar-refractivity contribution in [2.45, 2.75) is 40.2 Å². The van der Waals surface area contributed by atoms with E-state index in [0.717, 1.165) is 35.0 Å². The third-order valence-corrected chi connectivity index (χ3v) is 3.63. The maximum Gasteiger partial charge on any atom is 0.175 e. The van der Waals surface area contributed by atoms with E-state index in [0.29, 0.717) is 6.61 Å². The predicted octanol–water partition coefficient (Wildman–Crippen LogP) is 4.38. The van der Waals surface area contributed by atoms with Crippen LogP contribution in [0.25, 0.3) is 0 Å². The summed E-state index contributed by atoms with van der Waals surface area (Å²) in [6.07, 6.45) is 2.48. The number of halogens is 1. The quantitative estimate of drug-likeness (QED) is 0.674. The Kier molecular flexibility index (Phi) is 8.00. The monoisotopic (exact) mass is 343 g/mol. The highest BCUT2D eigenvalue weighted by molar-refractivity contribution is 9.10. The second-order valence-electron chi connectivity index (χ2n) is 5.25. The Morgan fingerprint density at radius 3 is 2.65 bits per heavy atom. The maximum atomic E-state index is 5.59. The molecule has 0 atom stereocenters. The molecule has 0 spiro atoms. The second-order valence-corrected chi connectivity index (χ2v) is 6.11. The molecule has 20 heavy (non-hydrogen) atoms. The SMILES string of the molecule is CCOc1c(Br)cc(CNCCCC(C)C)cc1OC. The van der Waals surface area contributed by atoms with Crippen LogP contribution >= 0.6 is 15.9 Å². The van der Waals surface area contributed by atoms with Crippen LogP contribution in [0.2, 0.25) is 0 Å². The molecule has 1 rings (SSSR count). The van der Waals surface area contributed by atoms with Crippen molar-refractivity contribution in [3.05, 3.63) is 22.2 Å². The van der Waals surface area contributed by atoms with Gasteiger partial charge in [-0.05, 0) is 65.9 Å². The van der Waals surface area contributed by atoms with Crippen molar-refractivity contribution in [3.8, 4) is 11.5 Å². The molecule has 114 valence electrons. The van der Waals surface area contributed by atoms with Gasteiger partial charge in [0.05, 0.1) is 18.2 Å². The van der Waals surface area contributed by atoms with Gasteiger partial charge in [-0.15, -0.1) is 0 Å². The molecule has 0 aromatic heterocycles. The third-order valence-electron chi connectivity index (χ3n) is 3.04. The molecule has 0 radical (unpaired) electrons. The van der Waals surface area contributed by atoms with Gasteiger partial charge >= 0.3 is 0 Å². The van der Waals surface area contributed by atoms with Gasteiger partial charge in [-0.1, -0.05) is 13.8 Å². The highest BCUT2D eigenvalue weighted by atomic mass is 79.9. The molecular weight excluding hydrogens is 318 g/mol. The third kappa shape index (κ3) is 5.71. The number of nitrogens with one attached hydrogen (secondary N) is 1. The first-order valence-corrected chi connectivity index (χ1v) is 8.07. The van der Waals surface area contributed by atoms with E-state index in [9.17, 15) is 0 Å². The fourth-order valence-corrected chi connectivity index (χ4v) is 2.63. The Morgan fingerprint density at radius 1 is 1.30 bits per heavy atom. The highest BCUT2D eigenvalue weighted by Gasteiger charge is 2.10. The molecule has 1 N–H and O–H groups in total. The van der Waals surface area contributed by atoms with Crippen molar-refractivity contribution in [2.75, 3.05) is 20.3 Å². The van der Waals surface area contributed by atoms with Crippen molar-refractivity contribution < 1.29 is 9.47 Å². The van der Waals surface area contributed by atoms with E-state index in [-0.39, 0.29) is 0 Å². The molecule has 4 heteroatoms. The molecule has 0 unspecified atom stereocenters. The van der Waals surface area contributed by atoms with Gasteiger partial charge in [0, 0.05) is 6.54 Å². The van der Waals surface area contributed by atoms with E-state index in [4.69, 9.17) is 9.47 Å². The lowest BCUT2D eigenvalue weighted by atomic mass is 10.1. The van der Waals surface area contributed by atoms with Gasteiger partial charge in [0.2, 0.25) is 0 Å². The molecule has 0 saturated heterocycles. The topological polar surface area (TPSA) is 30.5 Å². The molecular formula is C16H26BrNO2. The van der Waals surface area contributed by atoms with Gasteiger partial charge in [-0.2, -0.15) is 0 Å². The van der Waals surface area contributed by atoms with E-state index < -0.39 is 0 Å². The number of ether oxygens (including phenoxy) is 2. The van der Waals surface area contributed by atoms with E-state index in [1.807, 2.05) is 13.0 Å². The van der Waals surface area contributed by atoms with E-state index in [2.05, 4.69) is 41.2 Å². The molecule has 0 bridgehead atoms. The molecule has 0 aliphatic rings. The van der Waals surface area contributed by atoms with Crippen molar-refractivity contribution >= 4 is 15.9 Å². The Balaban J connectivity index is 2.56. The summed E-state index contributed by atoms with van der Waals surface area (Å²) < 4.78 is 11.9. The standard InChI is InChI=1S/C16H26BrNO2/c1-5-20-16-14(17)9-13(10-15(16)19-4)11-18-8-6-7-12(2)3/h9-10,12,18H,5-8,11H2,1-4H3. The van der Waals surface area contributed by atoms with Crippen LogP contribution in [0.1, 0.15) is 39.2 Å². The number of methoxy groups -OCH3 is 1. The number of hydrogen-bond acceptors (Lipinski definition) is 3. The van der Waals surface area contributed by atoms with Crippen LogP contribution in [0.3, 0.4) is 0 Å². The average molecular weight is 344 g/mol. The normalized spacial score (nSPS) is 10.9. The van der Waals surface area contributed by atoms with E-state index in [1.165, 1.54) is 18.4 Å². The summed E-state index contributed by atoms with van der Waals surface area (Å²) in [6, 6.07) is 4.12. The molecule has 0 aliphatic carbocycles. The zero-order valence-corrected chi connectivity index (χ0v) is 14.5. The molecule has 0 fully saturated rings. The lowest BCUT2D eigenvalue weighted by Crippen LogP contribution is -2.15. The van der Waals surface area contributed by atoms with E-state index >= 15 is 0 Å². The minimum atomic E-state index is 0.627. The summed E-state index contributed by atoms with van der Waals surface area (Å²) in [6.45, 7) is 9.01. The highest BCUT2D eigenvalue weighted by Crippen LogP contribution is 2.36. The summed E-state index contributed by atoms with van der Waals surface area (Å²) in [7, 11) is 1.67. The van der Waals surface area contributed by atoms with Gasteiger partial charge < -0.3 is 14.8 Å². The predicted molar refractivity (Wildman–Crippen MR) is 87.6 cm³/mol. The fourth-order valence-electron chi connectivity index (χ4n) is 2.03. The first-order valence-electron chi connectivity index (χ1n) is 7.28. The minimum absolute atomic E-state index is 0.627. The lowest BCUT2D eigenvalue weighted by Gasteiger charge is -2.14. The van der Waals surface area contributed by atoms with Gasteiger partial charge in [0.15, 0.2) is 11.5 Å². The molecule has 0 heterocycles. The van der Waals surface area contributed by atoms with Crippen molar-refractivity contribution in [1.29, 1.82) is 0 Å². The van der Waals surface area contributed by atoms with Crippen LogP contribution in [-0.4, -0.2) is 20.3 Å². The fraction of sp³-hybridized carbons (Fsp3) is 0.625. The molecule has 0 aliphatic heterocycles. The van der Waals surface area contributed by atoms with Crippen LogP contribution < -0.4 is 14.8 Å². The molecule has 3 nitrogen and oxygen atoms in total. The van der Waals surface area contributed by atoms with Crippen LogP contribution in [0.5, 0.6) is 11.5 Å². The average Bonchev–Trinajstić information content (AvgIpc) is 2.40. The summed E-state index contributed by atoms with van der Waals surface area (Å²) in [4.78, 5) is 0.